The summed E-state index contributed by atoms with van der Waals surface area (Å²) in [6.45, 7) is 1.65. The van der Waals surface area contributed by atoms with Gasteiger partial charge in [0.25, 0.3) is 0 Å². The first-order valence-electron chi connectivity index (χ1n) is 6.94. The van der Waals surface area contributed by atoms with Crippen LogP contribution in [0.4, 0.5) is 4.39 Å². The Kier molecular flexibility index (Phi) is 5.00. The Labute approximate surface area is 108 Å². The van der Waals surface area contributed by atoms with E-state index in [9.17, 15) is 4.39 Å². The van der Waals surface area contributed by atoms with Crippen LogP contribution in [0.1, 0.15) is 44.1 Å². The molecule has 0 radical (unpaired) electrons. The van der Waals surface area contributed by atoms with Crippen LogP contribution in [0.15, 0.2) is 18.2 Å². The van der Waals surface area contributed by atoms with Crippen molar-refractivity contribution in [1.29, 1.82) is 0 Å². The van der Waals surface area contributed by atoms with Gasteiger partial charge < -0.3 is 10.4 Å². The first kappa shape index (κ1) is 13.3. The molecule has 1 aromatic rings. The van der Waals surface area contributed by atoms with Gasteiger partial charge in [-0.1, -0.05) is 31.7 Å². The van der Waals surface area contributed by atoms with Crippen LogP contribution in [-0.4, -0.2) is 11.7 Å². The molecule has 2 nitrogen and oxygen atoms in total. The average Bonchev–Trinajstić information content (AvgIpc) is 2.86. The average molecular weight is 251 g/mol. The van der Waals surface area contributed by atoms with Crippen molar-refractivity contribution in [2.45, 2.75) is 45.1 Å². The van der Waals surface area contributed by atoms with Crippen molar-refractivity contribution in [3.63, 3.8) is 0 Å². The summed E-state index contributed by atoms with van der Waals surface area (Å²) in [4.78, 5) is 0. The molecule has 0 saturated heterocycles. The number of hydrogen-bond donors (Lipinski definition) is 2. The summed E-state index contributed by atoms with van der Waals surface area (Å²) >= 11 is 0. The highest BCUT2D eigenvalue weighted by molar-refractivity contribution is 5.27. The molecule has 0 spiro atoms. The molecule has 100 valence electrons. The maximum atomic E-state index is 13.1. The summed E-state index contributed by atoms with van der Waals surface area (Å²) in [5.74, 6) is 0.123. The fourth-order valence-electron chi connectivity index (χ4n) is 2.71. The van der Waals surface area contributed by atoms with Gasteiger partial charge >= 0.3 is 0 Å². The van der Waals surface area contributed by atoms with Gasteiger partial charge in [-0.05, 0) is 43.0 Å². The lowest BCUT2D eigenvalue weighted by atomic mass is 10.0. The van der Waals surface area contributed by atoms with E-state index in [4.69, 9.17) is 5.11 Å². The van der Waals surface area contributed by atoms with Crippen molar-refractivity contribution in [2.75, 3.05) is 6.54 Å². The second kappa shape index (κ2) is 6.74. The third-order valence-corrected chi connectivity index (χ3v) is 3.78. The minimum atomic E-state index is -0.541. The molecule has 0 aliphatic heterocycles. The molecule has 1 fully saturated rings. The quantitative estimate of drug-likeness (QED) is 0.757. The van der Waals surface area contributed by atoms with Crippen molar-refractivity contribution in [2.24, 2.45) is 5.92 Å². The monoisotopic (exact) mass is 251 g/mol. The molecule has 1 aliphatic rings. The van der Waals surface area contributed by atoms with E-state index in [0.717, 1.165) is 18.0 Å². The van der Waals surface area contributed by atoms with Gasteiger partial charge in [0.2, 0.25) is 0 Å². The molecule has 2 rings (SSSR count). The minimum Gasteiger partial charge on any atom is -0.505 e. The Morgan fingerprint density at radius 1 is 1.28 bits per heavy atom. The number of hydrogen-bond acceptors (Lipinski definition) is 2. The Morgan fingerprint density at radius 2 is 2.06 bits per heavy atom. The number of phenols is 1. The van der Waals surface area contributed by atoms with Crippen molar-refractivity contribution in [3.8, 4) is 5.75 Å². The van der Waals surface area contributed by atoms with Crippen LogP contribution in [0.3, 0.4) is 0 Å². The molecule has 3 heteroatoms. The predicted molar refractivity (Wildman–Crippen MR) is 71.0 cm³/mol. The number of aromatic hydroxyl groups is 1. The highest BCUT2D eigenvalue weighted by Crippen LogP contribution is 2.28. The lowest BCUT2D eigenvalue weighted by molar-refractivity contribution is 0.431. The minimum absolute atomic E-state index is 0.278. The second-order valence-corrected chi connectivity index (χ2v) is 5.26. The summed E-state index contributed by atoms with van der Waals surface area (Å²) in [6, 6.07) is 4.55. The van der Waals surface area contributed by atoms with Gasteiger partial charge in [-0.3, -0.25) is 0 Å². The smallest absolute Gasteiger partial charge is 0.165 e. The van der Waals surface area contributed by atoms with Crippen LogP contribution in [-0.2, 0) is 6.54 Å². The van der Waals surface area contributed by atoms with Gasteiger partial charge in [0.1, 0.15) is 0 Å². The summed E-state index contributed by atoms with van der Waals surface area (Å²) in [7, 11) is 0. The molecule has 1 aliphatic carbocycles. The van der Waals surface area contributed by atoms with E-state index in [1.54, 1.807) is 6.07 Å². The zero-order valence-electron chi connectivity index (χ0n) is 10.8. The summed E-state index contributed by atoms with van der Waals surface area (Å²) in [5, 5.41) is 12.4. The SMILES string of the molecule is Oc1ccc(CNCCCC2CCCC2)cc1F. The Hall–Kier alpha value is -1.09. The fraction of sp³-hybridized carbons (Fsp3) is 0.600. The van der Waals surface area contributed by atoms with E-state index < -0.39 is 5.82 Å². The lowest BCUT2D eigenvalue weighted by Gasteiger charge is -2.09. The first-order valence-corrected chi connectivity index (χ1v) is 6.94. The third kappa shape index (κ3) is 3.98. The zero-order chi connectivity index (χ0) is 12.8. The maximum absolute atomic E-state index is 13.1. The van der Waals surface area contributed by atoms with Gasteiger partial charge in [-0.25, -0.2) is 4.39 Å². The Balaban J connectivity index is 1.61. The molecule has 0 atom stereocenters. The van der Waals surface area contributed by atoms with Crippen LogP contribution >= 0.6 is 0 Å². The number of nitrogens with one attached hydrogen (secondary N) is 1. The van der Waals surface area contributed by atoms with E-state index >= 15 is 0 Å². The van der Waals surface area contributed by atoms with Crippen LogP contribution in [0.5, 0.6) is 5.75 Å². The molecule has 0 aromatic heterocycles. The lowest BCUT2D eigenvalue weighted by Crippen LogP contribution is -2.15. The molecule has 18 heavy (non-hydrogen) atoms. The van der Waals surface area contributed by atoms with Crippen molar-refractivity contribution >= 4 is 0 Å². The van der Waals surface area contributed by atoms with Crippen LogP contribution in [0.2, 0.25) is 0 Å². The first-order chi connectivity index (χ1) is 8.75. The molecule has 0 heterocycles. The van der Waals surface area contributed by atoms with Gasteiger partial charge in [-0.15, -0.1) is 0 Å². The summed E-state index contributed by atoms with van der Waals surface area (Å²) < 4.78 is 13.1. The van der Waals surface area contributed by atoms with Crippen LogP contribution < -0.4 is 5.32 Å². The molecule has 1 saturated carbocycles. The maximum Gasteiger partial charge on any atom is 0.165 e. The van der Waals surface area contributed by atoms with Gasteiger partial charge in [-0.2, -0.15) is 0 Å². The molecule has 0 bridgehead atoms. The molecular formula is C15H22FNO. The van der Waals surface area contributed by atoms with Gasteiger partial charge in [0.15, 0.2) is 11.6 Å². The predicted octanol–water partition coefficient (Wildman–Crippen LogP) is 3.59. The van der Waals surface area contributed by atoms with Crippen LogP contribution in [0.25, 0.3) is 0 Å². The van der Waals surface area contributed by atoms with Gasteiger partial charge in [0.05, 0.1) is 0 Å². The summed E-state index contributed by atoms with van der Waals surface area (Å²) in [5.41, 5.74) is 0.881. The topological polar surface area (TPSA) is 32.3 Å². The van der Waals surface area contributed by atoms with Gasteiger partial charge in [0, 0.05) is 6.54 Å². The largest absolute Gasteiger partial charge is 0.505 e. The van der Waals surface area contributed by atoms with Crippen molar-refractivity contribution < 1.29 is 9.50 Å². The van der Waals surface area contributed by atoms with E-state index in [0.29, 0.717) is 6.54 Å². The Bertz CT molecular complexity index is 375. The molecule has 2 N–H and O–H groups in total. The number of rotatable bonds is 6. The van der Waals surface area contributed by atoms with Crippen LogP contribution in [0, 0.1) is 11.7 Å². The highest BCUT2D eigenvalue weighted by atomic mass is 19.1. The molecule has 1 aromatic carbocycles. The number of phenolic OH excluding ortho intramolecular Hbond substituents is 1. The van der Waals surface area contributed by atoms with E-state index in [1.165, 1.54) is 50.7 Å². The second-order valence-electron chi connectivity index (χ2n) is 5.26. The Morgan fingerprint density at radius 3 is 2.78 bits per heavy atom. The zero-order valence-corrected chi connectivity index (χ0v) is 10.8. The summed E-state index contributed by atoms with van der Waals surface area (Å²) in [6.07, 6.45) is 8.14. The molecular weight excluding hydrogens is 229 g/mol. The van der Waals surface area contributed by atoms with Crippen molar-refractivity contribution in [1.82, 2.24) is 5.32 Å². The standard InChI is InChI=1S/C15H22FNO/c16-14-10-13(7-8-15(14)18)11-17-9-3-6-12-4-1-2-5-12/h7-8,10,12,17-18H,1-6,9,11H2. The van der Waals surface area contributed by atoms with E-state index in [1.807, 2.05) is 0 Å². The molecule has 0 unspecified atom stereocenters. The normalized spacial score (nSPS) is 16.3. The number of halogens is 1. The third-order valence-electron chi connectivity index (χ3n) is 3.78. The highest BCUT2D eigenvalue weighted by Gasteiger charge is 2.13. The fourth-order valence-corrected chi connectivity index (χ4v) is 2.71. The van der Waals surface area contributed by atoms with E-state index in [-0.39, 0.29) is 5.75 Å². The van der Waals surface area contributed by atoms with E-state index in [2.05, 4.69) is 5.32 Å². The molecule has 0 amide bonds. The number of benzene rings is 1. The van der Waals surface area contributed by atoms with Crippen molar-refractivity contribution in [3.05, 3.63) is 29.6 Å².